The van der Waals surface area contributed by atoms with Gasteiger partial charge in [0.2, 0.25) is 0 Å². The van der Waals surface area contributed by atoms with Crippen LogP contribution in [-0.4, -0.2) is 39.2 Å². The van der Waals surface area contributed by atoms with Crippen LogP contribution in [-0.2, 0) is 17.7 Å². The van der Waals surface area contributed by atoms with Crippen molar-refractivity contribution in [1.29, 1.82) is 0 Å². The first kappa shape index (κ1) is 23.7. The molecule has 0 aromatic heterocycles. The van der Waals surface area contributed by atoms with E-state index >= 15 is 0 Å². The minimum atomic E-state index is -0.425. The summed E-state index contributed by atoms with van der Waals surface area (Å²) in [5.41, 5.74) is 2.57. The van der Waals surface area contributed by atoms with E-state index in [2.05, 4.69) is 27.8 Å². The summed E-state index contributed by atoms with van der Waals surface area (Å²) in [5.74, 6) is 0.803. The summed E-state index contributed by atoms with van der Waals surface area (Å²) < 4.78 is 10.0. The summed E-state index contributed by atoms with van der Waals surface area (Å²) in [6.45, 7) is 4.02. The number of esters is 1. The lowest BCUT2D eigenvalue weighted by Crippen LogP contribution is -2.38. The van der Waals surface area contributed by atoms with E-state index in [4.69, 9.17) is 9.47 Å². The Labute approximate surface area is 183 Å². The van der Waals surface area contributed by atoms with Gasteiger partial charge in [-0.05, 0) is 36.6 Å². The van der Waals surface area contributed by atoms with Crippen LogP contribution in [0.25, 0.3) is 0 Å². The normalized spacial score (nSPS) is 10.6. The van der Waals surface area contributed by atoms with Crippen molar-refractivity contribution >= 4 is 35.9 Å². The molecule has 0 unspecified atom stereocenters. The molecule has 0 saturated carbocycles. The molecule has 2 aromatic rings. The number of nitrogens with zero attached hydrogens (tertiary/aromatic N) is 1. The lowest BCUT2D eigenvalue weighted by atomic mass is 10.1. The van der Waals surface area contributed by atoms with Crippen molar-refractivity contribution in [3.63, 3.8) is 0 Å². The highest BCUT2D eigenvalue weighted by Gasteiger charge is 2.13. The summed E-state index contributed by atoms with van der Waals surface area (Å²) in [6, 6.07) is 15.7. The van der Waals surface area contributed by atoms with E-state index < -0.39 is 5.97 Å². The maximum absolute atomic E-state index is 11.9. The van der Waals surface area contributed by atoms with Gasteiger partial charge in [-0.3, -0.25) is 0 Å². The Morgan fingerprint density at radius 3 is 2.43 bits per heavy atom. The topological polar surface area (TPSA) is 72.0 Å². The summed E-state index contributed by atoms with van der Waals surface area (Å²) in [7, 11) is 2.88. The molecular formula is C21H28IN3O3. The van der Waals surface area contributed by atoms with Gasteiger partial charge in [-0.15, -0.1) is 24.0 Å². The summed E-state index contributed by atoms with van der Waals surface area (Å²) in [6.07, 6.45) is 0.917. The van der Waals surface area contributed by atoms with Gasteiger partial charge in [0, 0.05) is 13.1 Å². The Balaban J connectivity index is 0.00000392. The monoisotopic (exact) mass is 497 g/mol. The third kappa shape index (κ3) is 7.38. The van der Waals surface area contributed by atoms with Crippen LogP contribution in [0.4, 0.5) is 0 Å². The smallest absolute Gasteiger partial charge is 0.341 e. The highest BCUT2D eigenvalue weighted by molar-refractivity contribution is 14.0. The highest BCUT2D eigenvalue weighted by Crippen LogP contribution is 2.21. The average Bonchev–Trinajstić information content (AvgIpc) is 2.72. The first-order chi connectivity index (χ1) is 13.2. The fourth-order valence-corrected chi connectivity index (χ4v) is 2.60. The van der Waals surface area contributed by atoms with Crippen LogP contribution in [0.5, 0.6) is 5.75 Å². The molecule has 0 radical (unpaired) electrons. The number of carbonyl (C=O) groups is 1. The van der Waals surface area contributed by atoms with Crippen molar-refractivity contribution in [3.8, 4) is 5.75 Å². The van der Waals surface area contributed by atoms with E-state index in [-0.39, 0.29) is 24.0 Å². The first-order valence-corrected chi connectivity index (χ1v) is 8.99. The van der Waals surface area contributed by atoms with Crippen LogP contribution >= 0.6 is 24.0 Å². The van der Waals surface area contributed by atoms with Crippen molar-refractivity contribution in [2.75, 3.05) is 27.3 Å². The number of guanidine groups is 1. The molecule has 0 aliphatic carbocycles. The highest BCUT2D eigenvalue weighted by atomic mass is 127. The Bertz CT molecular complexity index is 767. The molecule has 0 amide bonds. The molecule has 0 fully saturated rings. The lowest BCUT2D eigenvalue weighted by molar-refractivity contribution is 0.0597. The minimum absolute atomic E-state index is 0. The third-order valence-corrected chi connectivity index (χ3v) is 3.98. The molecular weight excluding hydrogens is 469 g/mol. The number of carbonyl (C=O) groups excluding carboxylic acids is 1. The quantitative estimate of drug-likeness (QED) is 0.253. The molecule has 0 aliphatic heterocycles. The van der Waals surface area contributed by atoms with Gasteiger partial charge >= 0.3 is 5.97 Å². The average molecular weight is 497 g/mol. The number of methoxy groups -OCH3 is 2. The molecule has 7 heteroatoms. The van der Waals surface area contributed by atoms with Crippen molar-refractivity contribution in [3.05, 3.63) is 65.2 Å². The van der Waals surface area contributed by atoms with E-state index in [1.807, 2.05) is 31.2 Å². The van der Waals surface area contributed by atoms with Crippen molar-refractivity contribution in [1.82, 2.24) is 10.6 Å². The Morgan fingerprint density at radius 1 is 1.04 bits per heavy atom. The van der Waals surface area contributed by atoms with E-state index in [0.717, 1.165) is 31.0 Å². The summed E-state index contributed by atoms with van der Waals surface area (Å²) in [5, 5.41) is 6.57. The molecule has 0 spiro atoms. The predicted octanol–water partition coefficient (Wildman–Crippen LogP) is 3.40. The molecule has 2 rings (SSSR count). The van der Waals surface area contributed by atoms with Gasteiger partial charge in [0.15, 0.2) is 5.96 Å². The van der Waals surface area contributed by atoms with Gasteiger partial charge in [-0.1, -0.05) is 36.4 Å². The van der Waals surface area contributed by atoms with Gasteiger partial charge in [0.1, 0.15) is 11.3 Å². The molecule has 0 aliphatic rings. The van der Waals surface area contributed by atoms with Gasteiger partial charge in [0.05, 0.1) is 20.8 Å². The fourth-order valence-electron chi connectivity index (χ4n) is 2.60. The number of ether oxygens (including phenoxy) is 2. The molecule has 28 heavy (non-hydrogen) atoms. The fraction of sp³-hybridized carbons (Fsp3) is 0.333. The maximum Gasteiger partial charge on any atom is 0.341 e. The van der Waals surface area contributed by atoms with Gasteiger partial charge in [-0.2, -0.15) is 0 Å². The second-order valence-electron chi connectivity index (χ2n) is 5.88. The number of hydrogen-bond acceptors (Lipinski definition) is 4. The van der Waals surface area contributed by atoms with Crippen LogP contribution in [0.15, 0.2) is 53.5 Å². The first-order valence-electron chi connectivity index (χ1n) is 8.99. The maximum atomic E-state index is 11.9. The Morgan fingerprint density at radius 2 is 1.79 bits per heavy atom. The Hall–Kier alpha value is -2.29. The van der Waals surface area contributed by atoms with Crippen molar-refractivity contribution < 1.29 is 14.3 Å². The molecule has 0 atom stereocenters. The zero-order chi connectivity index (χ0) is 19.5. The summed E-state index contributed by atoms with van der Waals surface area (Å²) in [4.78, 5) is 16.5. The zero-order valence-corrected chi connectivity index (χ0v) is 18.9. The lowest BCUT2D eigenvalue weighted by Gasteiger charge is -2.12. The number of aliphatic imine (C=N–C) groups is 1. The third-order valence-electron chi connectivity index (χ3n) is 3.98. The standard InChI is InChI=1S/C21H27N3O3.HI/c1-4-22-21(23-13-12-16-8-6-5-7-9-16)24-15-17-10-11-19(26-2)18(14-17)20(25)27-3;/h5-11,14H,4,12-13,15H2,1-3H3,(H2,22,23,24);1H. The number of hydrogen-bond donors (Lipinski definition) is 2. The van der Waals surface area contributed by atoms with Crippen molar-refractivity contribution in [2.45, 2.75) is 19.9 Å². The number of rotatable bonds is 8. The molecule has 2 aromatic carbocycles. The number of halogens is 1. The molecule has 152 valence electrons. The largest absolute Gasteiger partial charge is 0.496 e. The van der Waals surface area contributed by atoms with E-state index in [1.165, 1.54) is 19.8 Å². The predicted molar refractivity (Wildman–Crippen MR) is 123 cm³/mol. The SMILES string of the molecule is CCNC(=NCc1ccc(OC)c(C(=O)OC)c1)NCCc1ccccc1.I. The van der Waals surface area contributed by atoms with E-state index in [0.29, 0.717) is 17.9 Å². The Kier molecular flexibility index (Phi) is 11.0. The van der Waals surface area contributed by atoms with E-state index in [1.54, 1.807) is 12.1 Å². The summed E-state index contributed by atoms with van der Waals surface area (Å²) >= 11 is 0. The number of benzene rings is 2. The molecule has 0 bridgehead atoms. The minimum Gasteiger partial charge on any atom is -0.496 e. The molecule has 6 nitrogen and oxygen atoms in total. The second-order valence-corrected chi connectivity index (χ2v) is 5.88. The molecule has 2 N–H and O–H groups in total. The van der Waals surface area contributed by atoms with Crippen LogP contribution in [0.3, 0.4) is 0 Å². The van der Waals surface area contributed by atoms with Crippen molar-refractivity contribution in [2.24, 2.45) is 4.99 Å². The van der Waals surface area contributed by atoms with Crippen LogP contribution < -0.4 is 15.4 Å². The van der Waals surface area contributed by atoms with Gasteiger partial charge in [-0.25, -0.2) is 9.79 Å². The molecule has 0 saturated heterocycles. The van der Waals surface area contributed by atoms with Crippen LogP contribution in [0, 0.1) is 0 Å². The number of nitrogens with one attached hydrogen (secondary N) is 2. The zero-order valence-electron chi connectivity index (χ0n) is 16.5. The molecule has 0 heterocycles. The second kappa shape index (κ2) is 13.0. The van der Waals surface area contributed by atoms with Gasteiger partial charge in [0.25, 0.3) is 0 Å². The van der Waals surface area contributed by atoms with Gasteiger partial charge < -0.3 is 20.1 Å². The van der Waals surface area contributed by atoms with Crippen LogP contribution in [0.1, 0.15) is 28.4 Å². The van der Waals surface area contributed by atoms with Crippen LogP contribution in [0.2, 0.25) is 0 Å². The van der Waals surface area contributed by atoms with E-state index in [9.17, 15) is 4.79 Å².